The van der Waals surface area contributed by atoms with Crippen molar-refractivity contribution in [2.45, 2.75) is 64.4 Å². The Bertz CT molecular complexity index is 537. The molecule has 0 aliphatic heterocycles. The van der Waals surface area contributed by atoms with Crippen LogP contribution in [0, 0.1) is 11.3 Å². The third kappa shape index (κ3) is 4.08. The summed E-state index contributed by atoms with van der Waals surface area (Å²) in [6, 6.07) is 8.02. The van der Waals surface area contributed by atoms with Crippen LogP contribution >= 0.6 is 28.1 Å². The predicted molar refractivity (Wildman–Crippen MR) is 104 cm³/mol. The molecule has 1 spiro atoms. The molecule has 1 aromatic carbocycles. The first kappa shape index (κ1) is 17.2. The first-order valence-electron chi connectivity index (χ1n) is 8.84. The highest BCUT2D eigenvalue weighted by Crippen LogP contribution is 2.54. The van der Waals surface area contributed by atoms with E-state index in [1.54, 1.807) is 0 Å². The predicted octanol–water partition coefficient (Wildman–Crippen LogP) is 6.30. The summed E-state index contributed by atoms with van der Waals surface area (Å²) >= 11 is 8.86. The van der Waals surface area contributed by atoms with E-state index in [0.717, 1.165) is 22.5 Å². The Morgan fingerprint density at radius 1 is 1.22 bits per heavy atom. The Balaban J connectivity index is 1.50. The van der Waals surface area contributed by atoms with E-state index in [4.69, 9.17) is 17.0 Å². The molecule has 2 nitrogen and oxygen atoms in total. The highest BCUT2D eigenvalue weighted by atomic mass is 79.9. The molecule has 1 atom stereocenters. The molecule has 2 aliphatic rings. The number of rotatable bonds is 4. The molecule has 1 N–H and O–H groups in total. The van der Waals surface area contributed by atoms with E-state index in [9.17, 15) is 0 Å². The zero-order valence-corrected chi connectivity index (χ0v) is 16.2. The second-order valence-electron chi connectivity index (χ2n) is 7.16. The Hall–Kier alpha value is -0.610. The number of hydrogen-bond acceptors (Lipinski definition) is 2. The van der Waals surface area contributed by atoms with Crippen LogP contribution in [0.5, 0.6) is 0 Å². The van der Waals surface area contributed by atoms with Crippen molar-refractivity contribution in [3.63, 3.8) is 0 Å². The Kier molecular flexibility index (Phi) is 5.63. The first-order chi connectivity index (χ1) is 11.1. The Labute approximate surface area is 153 Å². The van der Waals surface area contributed by atoms with Gasteiger partial charge in [-0.05, 0) is 80.9 Å². The van der Waals surface area contributed by atoms with Crippen LogP contribution in [-0.4, -0.2) is 11.3 Å². The summed E-state index contributed by atoms with van der Waals surface area (Å²) in [5.74, 6) is 0.944. The van der Waals surface area contributed by atoms with Crippen molar-refractivity contribution in [1.82, 2.24) is 0 Å². The summed E-state index contributed by atoms with van der Waals surface area (Å²) in [5.41, 5.74) is 1.40. The number of nitrogens with one attached hydrogen (secondary N) is 1. The first-order valence-corrected chi connectivity index (χ1v) is 10.0. The molecule has 4 heteroatoms. The number of benzene rings is 1. The molecule has 126 valence electrons. The monoisotopic (exact) mass is 395 g/mol. The van der Waals surface area contributed by atoms with Gasteiger partial charge in [-0.25, -0.2) is 0 Å². The number of halogens is 1. The summed E-state index contributed by atoms with van der Waals surface area (Å²) in [6.45, 7) is 2.30. The van der Waals surface area contributed by atoms with Crippen LogP contribution < -0.4 is 5.32 Å². The van der Waals surface area contributed by atoms with Crippen molar-refractivity contribution >= 4 is 39.0 Å². The van der Waals surface area contributed by atoms with E-state index < -0.39 is 0 Å². The molecule has 2 saturated carbocycles. The molecule has 0 heterocycles. The highest BCUT2D eigenvalue weighted by molar-refractivity contribution is 9.10. The van der Waals surface area contributed by atoms with Gasteiger partial charge in [0.05, 0.1) is 0 Å². The quantitative estimate of drug-likeness (QED) is 0.604. The van der Waals surface area contributed by atoms with E-state index in [1.807, 2.05) is 24.3 Å². The van der Waals surface area contributed by atoms with Crippen LogP contribution in [0.1, 0.15) is 58.3 Å². The molecule has 0 saturated heterocycles. The van der Waals surface area contributed by atoms with Gasteiger partial charge in [0.15, 0.2) is 0 Å². The maximum atomic E-state index is 6.12. The Morgan fingerprint density at radius 2 is 1.87 bits per heavy atom. The topological polar surface area (TPSA) is 21.3 Å². The molecule has 1 aromatic rings. The summed E-state index contributed by atoms with van der Waals surface area (Å²) in [5, 5.41) is 3.73. The summed E-state index contributed by atoms with van der Waals surface area (Å²) < 4.78 is 7.18. The van der Waals surface area contributed by atoms with Gasteiger partial charge in [-0.1, -0.05) is 35.7 Å². The number of anilines is 1. The molecule has 0 radical (unpaired) electrons. The fraction of sp³-hybridized carbons (Fsp3) is 0.632. The van der Waals surface area contributed by atoms with E-state index in [-0.39, 0.29) is 0 Å². The van der Waals surface area contributed by atoms with Crippen molar-refractivity contribution < 1.29 is 4.74 Å². The smallest absolute Gasteiger partial charge is 0.261 e. The van der Waals surface area contributed by atoms with Crippen LogP contribution in [0.15, 0.2) is 28.7 Å². The molecule has 23 heavy (non-hydrogen) atoms. The van der Waals surface area contributed by atoms with Gasteiger partial charge >= 0.3 is 0 Å². The van der Waals surface area contributed by atoms with E-state index in [0.29, 0.717) is 16.7 Å². The maximum absolute atomic E-state index is 6.12. The van der Waals surface area contributed by atoms with Crippen molar-refractivity contribution in [1.29, 1.82) is 0 Å². The molecular formula is C19H26BrNOS. The van der Waals surface area contributed by atoms with Crippen LogP contribution in [0.3, 0.4) is 0 Å². The molecule has 0 bridgehead atoms. The maximum Gasteiger partial charge on any atom is 0.261 e. The lowest BCUT2D eigenvalue weighted by Gasteiger charge is -2.52. The fourth-order valence-corrected chi connectivity index (χ4v) is 4.68. The number of hydrogen-bond donors (Lipinski definition) is 1. The van der Waals surface area contributed by atoms with Gasteiger partial charge in [-0.15, -0.1) is 0 Å². The molecule has 2 aliphatic carbocycles. The zero-order valence-electron chi connectivity index (χ0n) is 13.8. The summed E-state index contributed by atoms with van der Waals surface area (Å²) in [6.07, 6.45) is 10.9. The number of ether oxygens (including phenoxy) is 1. The van der Waals surface area contributed by atoms with Gasteiger partial charge in [-0.3, -0.25) is 0 Å². The highest BCUT2D eigenvalue weighted by Gasteiger charge is 2.50. The van der Waals surface area contributed by atoms with E-state index in [2.05, 4.69) is 28.2 Å². The molecule has 2 fully saturated rings. The second kappa shape index (κ2) is 7.52. The lowest BCUT2D eigenvalue weighted by molar-refractivity contribution is -0.0843. The van der Waals surface area contributed by atoms with Crippen molar-refractivity contribution in [3.8, 4) is 0 Å². The van der Waals surface area contributed by atoms with Gasteiger partial charge in [0.1, 0.15) is 6.10 Å². The van der Waals surface area contributed by atoms with E-state index >= 15 is 0 Å². The van der Waals surface area contributed by atoms with Crippen LogP contribution in [0.25, 0.3) is 0 Å². The lowest BCUT2D eigenvalue weighted by Crippen LogP contribution is -2.50. The minimum atomic E-state index is 0.320. The normalized spacial score (nSPS) is 29.8. The van der Waals surface area contributed by atoms with Gasteiger partial charge in [0.2, 0.25) is 0 Å². The third-order valence-corrected chi connectivity index (χ3v) is 6.45. The average molecular weight is 396 g/mol. The largest absolute Gasteiger partial charge is 0.467 e. The van der Waals surface area contributed by atoms with Gasteiger partial charge in [0, 0.05) is 15.6 Å². The van der Waals surface area contributed by atoms with Crippen molar-refractivity contribution in [3.05, 3.63) is 28.7 Å². The molecule has 0 aromatic heterocycles. The van der Waals surface area contributed by atoms with Crippen LogP contribution in [0.2, 0.25) is 0 Å². The van der Waals surface area contributed by atoms with Crippen LogP contribution in [0.4, 0.5) is 5.69 Å². The third-order valence-electron chi connectivity index (χ3n) is 5.73. The molecule has 3 rings (SSSR count). The summed E-state index contributed by atoms with van der Waals surface area (Å²) in [7, 11) is 0. The number of thiocarbonyl (C=S) groups is 1. The zero-order chi connectivity index (χ0) is 16.3. The molecule has 1 unspecified atom stereocenters. The molecule has 0 amide bonds. The van der Waals surface area contributed by atoms with E-state index in [1.165, 1.54) is 44.9 Å². The standard InChI is InChI=1S/C19H26BrNOS/c1-2-3-14-8-11-19(12-9-14)13-10-17(19)22-18(23)21-16-6-4-15(20)5-7-16/h4-7,14,17H,2-3,8-13H2,1H3,(H,21,23). The minimum absolute atomic E-state index is 0.320. The summed E-state index contributed by atoms with van der Waals surface area (Å²) in [4.78, 5) is 0. The fourth-order valence-electron chi connectivity index (χ4n) is 4.19. The minimum Gasteiger partial charge on any atom is -0.467 e. The Morgan fingerprint density at radius 3 is 2.43 bits per heavy atom. The van der Waals surface area contributed by atoms with Crippen LogP contribution in [-0.2, 0) is 4.74 Å². The van der Waals surface area contributed by atoms with Gasteiger partial charge in [-0.2, -0.15) is 0 Å². The van der Waals surface area contributed by atoms with Gasteiger partial charge in [0.25, 0.3) is 5.17 Å². The molecular weight excluding hydrogens is 370 g/mol. The lowest BCUT2D eigenvalue weighted by atomic mass is 9.57. The average Bonchev–Trinajstić information content (AvgIpc) is 2.55. The van der Waals surface area contributed by atoms with Crippen molar-refractivity contribution in [2.75, 3.05) is 5.32 Å². The second-order valence-corrected chi connectivity index (χ2v) is 8.45. The van der Waals surface area contributed by atoms with Crippen molar-refractivity contribution in [2.24, 2.45) is 11.3 Å². The van der Waals surface area contributed by atoms with Gasteiger partial charge < -0.3 is 10.1 Å². The SMILES string of the molecule is CCCC1CCC2(CC1)CCC2OC(=S)Nc1ccc(Br)cc1.